The molecule has 0 unspecified atom stereocenters. The van der Waals surface area contributed by atoms with Crippen LogP contribution in [0.1, 0.15) is 38.0 Å². The molecule has 2 aromatic rings. The lowest BCUT2D eigenvalue weighted by atomic mass is 10.1. The van der Waals surface area contributed by atoms with E-state index in [-0.39, 0.29) is 34.0 Å². The maximum absolute atomic E-state index is 12.4. The summed E-state index contributed by atoms with van der Waals surface area (Å²) in [7, 11) is 0. The van der Waals surface area contributed by atoms with Gasteiger partial charge in [0.2, 0.25) is 0 Å². The van der Waals surface area contributed by atoms with Gasteiger partial charge in [-0.2, -0.15) is 0 Å². The zero-order valence-electron chi connectivity index (χ0n) is 14.0. The van der Waals surface area contributed by atoms with Crippen LogP contribution in [0.3, 0.4) is 0 Å². The van der Waals surface area contributed by atoms with Crippen LogP contribution in [0.4, 0.5) is 10.5 Å². The van der Waals surface area contributed by atoms with Crippen molar-refractivity contribution in [3.05, 3.63) is 64.2 Å². The Morgan fingerprint density at radius 2 is 1.70 bits per heavy atom. The van der Waals surface area contributed by atoms with E-state index in [2.05, 4.69) is 5.32 Å². The van der Waals surface area contributed by atoms with Crippen LogP contribution in [0.15, 0.2) is 42.5 Å². The summed E-state index contributed by atoms with van der Waals surface area (Å²) in [6.07, 6.45) is -0.709. The zero-order chi connectivity index (χ0) is 19.6. The number of imide groups is 1. The maximum atomic E-state index is 12.4. The highest BCUT2D eigenvalue weighted by molar-refractivity contribution is 6.33. The summed E-state index contributed by atoms with van der Waals surface area (Å²) in [5.41, 5.74) is 0.368. The maximum Gasteiger partial charge on any atom is 0.411 e. The van der Waals surface area contributed by atoms with Gasteiger partial charge in [-0.3, -0.25) is 14.9 Å². The Morgan fingerprint density at radius 1 is 1.07 bits per heavy atom. The second-order valence-corrected chi connectivity index (χ2v) is 5.78. The van der Waals surface area contributed by atoms with E-state index in [1.54, 1.807) is 19.1 Å². The average molecular weight is 389 g/mol. The second kappa shape index (κ2) is 7.46. The first-order valence-electron chi connectivity index (χ1n) is 7.85. The molecule has 0 bridgehead atoms. The molecule has 0 saturated heterocycles. The molecule has 0 fully saturated rings. The monoisotopic (exact) mass is 388 g/mol. The van der Waals surface area contributed by atoms with E-state index in [1.165, 1.54) is 30.3 Å². The zero-order valence-corrected chi connectivity index (χ0v) is 14.8. The van der Waals surface area contributed by atoms with Crippen molar-refractivity contribution in [3.8, 4) is 0 Å². The number of hydrogen-bond acceptors (Lipinski definition) is 6. The van der Waals surface area contributed by atoms with E-state index in [4.69, 9.17) is 21.2 Å². The van der Waals surface area contributed by atoms with E-state index in [0.29, 0.717) is 5.06 Å². The molecule has 1 aliphatic rings. The topological polar surface area (TPSA) is 102 Å². The molecule has 0 spiro atoms. The van der Waals surface area contributed by atoms with Crippen molar-refractivity contribution >= 4 is 41.2 Å². The summed E-state index contributed by atoms with van der Waals surface area (Å²) in [6.45, 7) is 1.82. The standard InChI is InChI=1S/C18H13ClN2O6/c1-2-26-18(25)20-10-7-8-14(19)13(9-10)17(24)27-21-15(22)11-5-3-4-6-12(11)16(21)23/h3-9H,2H2,1H3,(H,20,25). The first-order chi connectivity index (χ1) is 12.9. The fourth-order valence-corrected chi connectivity index (χ4v) is 2.62. The highest BCUT2D eigenvalue weighted by Crippen LogP contribution is 2.26. The molecule has 1 aliphatic heterocycles. The van der Waals surface area contributed by atoms with Gasteiger partial charge in [0.05, 0.1) is 28.3 Å². The van der Waals surface area contributed by atoms with Crippen molar-refractivity contribution in [1.82, 2.24) is 5.06 Å². The van der Waals surface area contributed by atoms with Gasteiger partial charge < -0.3 is 9.57 Å². The molecule has 8 nitrogen and oxygen atoms in total. The number of carbonyl (C=O) groups excluding carboxylic acids is 4. The molecule has 0 atom stereocenters. The van der Waals surface area contributed by atoms with Gasteiger partial charge in [0, 0.05) is 5.69 Å². The van der Waals surface area contributed by atoms with Gasteiger partial charge in [-0.05, 0) is 37.3 Å². The van der Waals surface area contributed by atoms with Crippen molar-refractivity contribution in [2.45, 2.75) is 6.92 Å². The van der Waals surface area contributed by atoms with E-state index < -0.39 is 23.9 Å². The fourth-order valence-electron chi connectivity index (χ4n) is 2.43. The third-order valence-corrected chi connectivity index (χ3v) is 3.97. The number of nitrogens with zero attached hydrogens (tertiary/aromatic N) is 1. The van der Waals surface area contributed by atoms with Gasteiger partial charge >= 0.3 is 12.1 Å². The lowest BCUT2D eigenvalue weighted by Crippen LogP contribution is -2.32. The van der Waals surface area contributed by atoms with Gasteiger partial charge in [-0.1, -0.05) is 28.8 Å². The molecule has 0 saturated carbocycles. The van der Waals surface area contributed by atoms with Crippen LogP contribution in [0.5, 0.6) is 0 Å². The first-order valence-corrected chi connectivity index (χ1v) is 8.23. The number of ether oxygens (including phenoxy) is 1. The number of hydroxylamine groups is 2. The number of carbonyl (C=O) groups is 4. The Balaban J connectivity index is 1.80. The van der Waals surface area contributed by atoms with Crippen LogP contribution in [-0.4, -0.2) is 35.5 Å². The highest BCUT2D eigenvalue weighted by Gasteiger charge is 2.39. The Morgan fingerprint density at radius 3 is 2.30 bits per heavy atom. The molecule has 138 valence electrons. The predicted octanol–water partition coefficient (Wildman–Crippen LogP) is 3.28. The minimum absolute atomic E-state index is 0.0195. The third-order valence-electron chi connectivity index (χ3n) is 3.64. The largest absolute Gasteiger partial charge is 0.450 e. The average Bonchev–Trinajstić information content (AvgIpc) is 2.89. The lowest BCUT2D eigenvalue weighted by Gasteiger charge is -2.14. The lowest BCUT2D eigenvalue weighted by molar-refractivity contribution is -0.0584. The quantitative estimate of drug-likeness (QED) is 0.806. The Labute approximate surface area is 158 Å². The van der Waals surface area contributed by atoms with Crippen LogP contribution in [0, 0.1) is 0 Å². The smallest absolute Gasteiger partial charge is 0.411 e. The van der Waals surface area contributed by atoms with Crippen LogP contribution in [0.25, 0.3) is 0 Å². The number of fused-ring (bicyclic) bond motifs is 1. The number of amides is 3. The molecule has 3 rings (SSSR count). The summed E-state index contributed by atoms with van der Waals surface area (Å²) < 4.78 is 4.75. The molecule has 3 amide bonds. The molecule has 0 aliphatic carbocycles. The predicted molar refractivity (Wildman–Crippen MR) is 94.5 cm³/mol. The third kappa shape index (κ3) is 3.61. The van der Waals surface area contributed by atoms with Crippen LogP contribution < -0.4 is 5.32 Å². The van der Waals surface area contributed by atoms with E-state index >= 15 is 0 Å². The minimum atomic E-state index is -1.03. The van der Waals surface area contributed by atoms with Crippen molar-refractivity contribution in [2.24, 2.45) is 0 Å². The summed E-state index contributed by atoms with van der Waals surface area (Å²) >= 11 is 6.00. The normalized spacial score (nSPS) is 12.6. The molecule has 2 aromatic carbocycles. The SMILES string of the molecule is CCOC(=O)Nc1ccc(Cl)c(C(=O)ON2C(=O)c3ccccc3C2=O)c1. The fraction of sp³-hybridized carbons (Fsp3) is 0.111. The summed E-state index contributed by atoms with van der Waals surface area (Å²) in [6, 6.07) is 10.2. The Kier molecular flexibility index (Phi) is 5.09. The Bertz CT molecular complexity index is 924. The summed E-state index contributed by atoms with van der Waals surface area (Å²) in [4.78, 5) is 53.4. The number of hydrogen-bond donors (Lipinski definition) is 1. The van der Waals surface area contributed by atoms with Gasteiger partial charge in [0.1, 0.15) is 0 Å². The van der Waals surface area contributed by atoms with Crippen molar-refractivity contribution in [3.63, 3.8) is 0 Å². The van der Waals surface area contributed by atoms with E-state index in [1.807, 2.05) is 0 Å². The minimum Gasteiger partial charge on any atom is -0.450 e. The van der Waals surface area contributed by atoms with Crippen molar-refractivity contribution in [2.75, 3.05) is 11.9 Å². The molecule has 0 aromatic heterocycles. The van der Waals surface area contributed by atoms with Gasteiger partial charge in [0.25, 0.3) is 11.8 Å². The molecular formula is C18H13ClN2O6. The van der Waals surface area contributed by atoms with Gasteiger partial charge in [0.15, 0.2) is 0 Å². The van der Waals surface area contributed by atoms with Crippen molar-refractivity contribution in [1.29, 1.82) is 0 Å². The number of benzene rings is 2. The molecule has 1 heterocycles. The van der Waals surface area contributed by atoms with Crippen LogP contribution in [0.2, 0.25) is 5.02 Å². The number of halogens is 1. The van der Waals surface area contributed by atoms with E-state index in [9.17, 15) is 19.2 Å². The van der Waals surface area contributed by atoms with Crippen LogP contribution >= 0.6 is 11.6 Å². The van der Waals surface area contributed by atoms with Gasteiger partial charge in [-0.15, -0.1) is 0 Å². The molecular weight excluding hydrogens is 376 g/mol. The Hall–Kier alpha value is -3.39. The summed E-state index contributed by atoms with van der Waals surface area (Å²) in [5, 5.41) is 2.82. The molecule has 27 heavy (non-hydrogen) atoms. The number of anilines is 1. The molecule has 9 heteroatoms. The highest BCUT2D eigenvalue weighted by atomic mass is 35.5. The second-order valence-electron chi connectivity index (χ2n) is 5.37. The van der Waals surface area contributed by atoms with E-state index in [0.717, 1.165) is 0 Å². The molecule has 1 N–H and O–H groups in total. The van der Waals surface area contributed by atoms with Crippen molar-refractivity contribution < 1.29 is 28.8 Å². The number of nitrogens with one attached hydrogen (secondary N) is 1. The van der Waals surface area contributed by atoms with Crippen LogP contribution in [-0.2, 0) is 9.57 Å². The summed E-state index contributed by atoms with van der Waals surface area (Å²) in [5.74, 6) is -2.52. The first kappa shape index (κ1) is 18.4. The molecule has 0 radical (unpaired) electrons. The van der Waals surface area contributed by atoms with Gasteiger partial charge in [-0.25, -0.2) is 9.59 Å². The number of rotatable bonds is 4.